The Morgan fingerprint density at radius 3 is 2.36 bits per heavy atom. The van der Waals surface area contributed by atoms with Gasteiger partial charge in [-0.05, 0) is 37.1 Å². The van der Waals surface area contributed by atoms with Gasteiger partial charge in [-0.2, -0.15) is 0 Å². The standard InChI is InChI=1S/C13H15N/c1-3-12-8-9-14(10-12)13-6-4-11(2)5-7-13/h4-10H,3H2,1-2H3. The van der Waals surface area contributed by atoms with Crippen LogP contribution < -0.4 is 0 Å². The summed E-state index contributed by atoms with van der Waals surface area (Å²) in [5, 5.41) is 0. The van der Waals surface area contributed by atoms with Crippen LogP contribution in [0.4, 0.5) is 0 Å². The molecule has 1 heteroatoms. The first-order valence-electron chi connectivity index (χ1n) is 5.03. The van der Waals surface area contributed by atoms with E-state index in [9.17, 15) is 0 Å². The topological polar surface area (TPSA) is 4.93 Å². The zero-order valence-corrected chi connectivity index (χ0v) is 8.70. The minimum Gasteiger partial charge on any atom is -0.324 e. The van der Waals surface area contributed by atoms with Gasteiger partial charge < -0.3 is 4.57 Å². The molecule has 0 saturated carbocycles. The molecule has 0 bridgehead atoms. The third-order valence-electron chi connectivity index (χ3n) is 2.49. The van der Waals surface area contributed by atoms with Crippen LogP contribution in [0, 0.1) is 6.92 Å². The number of aryl methyl sites for hydroxylation is 2. The van der Waals surface area contributed by atoms with Crippen molar-refractivity contribution in [3.63, 3.8) is 0 Å². The Hall–Kier alpha value is -1.50. The number of aromatic nitrogens is 1. The summed E-state index contributed by atoms with van der Waals surface area (Å²) in [4.78, 5) is 0. The molecule has 0 radical (unpaired) electrons. The fourth-order valence-corrected chi connectivity index (χ4v) is 1.53. The minimum absolute atomic E-state index is 1.10. The summed E-state index contributed by atoms with van der Waals surface area (Å²) in [5.74, 6) is 0. The molecule has 1 aromatic carbocycles. The number of nitrogens with zero attached hydrogens (tertiary/aromatic N) is 1. The second kappa shape index (κ2) is 3.70. The van der Waals surface area contributed by atoms with E-state index in [0.717, 1.165) is 6.42 Å². The van der Waals surface area contributed by atoms with Crippen molar-refractivity contribution in [2.45, 2.75) is 20.3 Å². The van der Waals surface area contributed by atoms with Gasteiger partial charge in [-0.15, -0.1) is 0 Å². The first-order valence-corrected chi connectivity index (χ1v) is 5.03. The molecular weight excluding hydrogens is 170 g/mol. The Balaban J connectivity index is 2.34. The van der Waals surface area contributed by atoms with Crippen LogP contribution in [0.15, 0.2) is 42.7 Å². The van der Waals surface area contributed by atoms with Gasteiger partial charge in [0.15, 0.2) is 0 Å². The predicted molar refractivity (Wildman–Crippen MR) is 59.9 cm³/mol. The molecule has 14 heavy (non-hydrogen) atoms. The van der Waals surface area contributed by atoms with Crippen molar-refractivity contribution in [1.29, 1.82) is 0 Å². The maximum Gasteiger partial charge on any atom is 0.0449 e. The van der Waals surface area contributed by atoms with Gasteiger partial charge in [-0.3, -0.25) is 0 Å². The molecular formula is C13H15N. The van der Waals surface area contributed by atoms with Gasteiger partial charge in [-0.25, -0.2) is 0 Å². The van der Waals surface area contributed by atoms with Crippen molar-refractivity contribution >= 4 is 0 Å². The molecule has 0 aliphatic heterocycles. The smallest absolute Gasteiger partial charge is 0.0449 e. The molecule has 0 aliphatic carbocycles. The van der Waals surface area contributed by atoms with Crippen LogP contribution in [0.5, 0.6) is 0 Å². The van der Waals surface area contributed by atoms with Crippen LogP contribution >= 0.6 is 0 Å². The van der Waals surface area contributed by atoms with Crippen LogP contribution in [0.25, 0.3) is 5.69 Å². The Labute approximate surface area is 85.0 Å². The summed E-state index contributed by atoms with van der Waals surface area (Å²) < 4.78 is 2.16. The molecule has 0 atom stereocenters. The molecule has 0 fully saturated rings. The molecule has 72 valence electrons. The van der Waals surface area contributed by atoms with Crippen LogP contribution in [0.1, 0.15) is 18.1 Å². The third-order valence-corrected chi connectivity index (χ3v) is 2.49. The summed E-state index contributed by atoms with van der Waals surface area (Å²) in [5.41, 5.74) is 3.91. The summed E-state index contributed by atoms with van der Waals surface area (Å²) in [6.07, 6.45) is 5.40. The quantitative estimate of drug-likeness (QED) is 0.676. The lowest BCUT2D eigenvalue weighted by atomic mass is 10.2. The van der Waals surface area contributed by atoms with Gasteiger partial charge in [0.05, 0.1) is 0 Å². The lowest BCUT2D eigenvalue weighted by Gasteiger charge is -2.02. The first kappa shape index (κ1) is 9.07. The highest BCUT2D eigenvalue weighted by Gasteiger charge is 1.96. The molecule has 0 spiro atoms. The third kappa shape index (κ3) is 1.72. The van der Waals surface area contributed by atoms with Crippen molar-refractivity contribution in [1.82, 2.24) is 4.57 Å². The van der Waals surface area contributed by atoms with E-state index in [1.807, 2.05) is 0 Å². The average Bonchev–Trinajstić information content (AvgIpc) is 2.67. The number of hydrogen-bond acceptors (Lipinski definition) is 0. The average molecular weight is 185 g/mol. The Bertz CT molecular complexity index is 409. The highest BCUT2D eigenvalue weighted by Crippen LogP contribution is 2.11. The number of benzene rings is 1. The van der Waals surface area contributed by atoms with E-state index in [1.54, 1.807) is 0 Å². The maximum atomic E-state index is 2.19. The summed E-state index contributed by atoms with van der Waals surface area (Å²) >= 11 is 0. The fraction of sp³-hybridized carbons (Fsp3) is 0.231. The minimum atomic E-state index is 1.10. The molecule has 2 rings (SSSR count). The lowest BCUT2D eigenvalue weighted by molar-refractivity contribution is 1.05. The molecule has 0 unspecified atom stereocenters. The first-order chi connectivity index (χ1) is 6.79. The molecule has 0 amide bonds. The molecule has 1 nitrogen and oxygen atoms in total. The van der Waals surface area contributed by atoms with Crippen molar-refractivity contribution < 1.29 is 0 Å². The van der Waals surface area contributed by atoms with E-state index < -0.39 is 0 Å². The molecule has 0 N–H and O–H groups in total. The van der Waals surface area contributed by atoms with Gasteiger partial charge >= 0.3 is 0 Å². The molecule has 0 saturated heterocycles. The van der Waals surface area contributed by atoms with Crippen LogP contribution in [0.3, 0.4) is 0 Å². The monoisotopic (exact) mass is 185 g/mol. The Morgan fingerprint density at radius 1 is 1.07 bits per heavy atom. The second-order valence-corrected chi connectivity index (χ2v) is 3.62. The van der Waals surface area contributed by atoms with E-state index in [4.69, 9.17) is 0 Å². The van der Waals surface area contributed by atoms with Gasteiger partial charge in [0, 0.05) is 18.1 Å². The second-order valence-electron chi connectivity index (χ2n) is 3.62. The number of hydrogen-bond donors (Lipinski definition) is 0. The molecule has 2 aromatic rings. The van der Waals surface area contributed by atoms with E-state index in [1.165, 1.54) is 16.8 Å². The summed E-state index contributed by atoms with van der Waals surface area (Å²) in [6, 6.07) is 10.7. The van der Waals surface area contributed by atoms with Crippen molar-refractivity contribution in [2.75, 3.05) is 0 Å². The molecule has 1 aromatic heterocycles. The normalized spacial score (nSPS) is 10.4. The van der Waals surface area contributed by atoms with Crippen LogP contribution in [-0.2, 0) is 6.42 Å². The van der Waals surface area contributed by atoms with Crippen LogP contribution in [0.2, 0.25) is 0 Å². The van der Waals surface area contributed by atoms with Crippen molar-refractivity contribution in [3.05, 3.63) is 53.9 Å². The van der Waals surface area contributed by atoms with E-state index >= 15 is 0 Å². The molecule has 0 aliphatic rings. The maximum absolute atomic E-state index is 2.19. The van der Waals surface area contributed by atoms with Crippen molar-refractivity contribution in [3.8, 4) is 5.69 Å². The Kier molecular flexibility index (Phi) is 2.40. The summed E-state index contributed by atoms with van der Waals surface area (Å²) in [7, 11) is 0. The van der Waals surface area contributed by atoms with E-state index in [0.29, 0.717) is 0 Å². The summed E-state index contributed by atoms with van der Waals surface area (Å²) in [6.45, 7) is 4.28. The van der Waals surface area contributed by atoms with Crippen LogP contribution in [-0.4, -0.2) is 4.57 Å². The van der Waals surface area contributed by atoms with Gasteiger partial charge in [0.2, 0.25) is 0 Å². The Morgan fingerprint density at radius 2 is 1.79 bits per heavy atom. The zero-order chi connectivity index (χ0) is 9.97. The lowest BCUT2D eigenvalue weighted by Crippen LogP contribution is -1.89. The molecule has 1 heterocycles. The largest absolute Gasteiger partial charge is 0.324 e. The zero-order valence-electron chi connectivity index (χ0n) is 8.70. The highest BCUT2D eigenvalue weighted by atomic mass is 14.9. The van der Waals surface area contributed by atoms with Crippen molar-refractivity contribution in [2.24, 2.45) is 0 Å². The van der Waals surface area contributed by atoms with E-state index in [-0.39, 0.29) is 0 Å². The fourth-order valence-electron chi connectivity index (χ4n) is 1.53. The number of rotatable bonds is 2. The van der Waals surface area contributed by atoms with Gasteiger partial charge in [0.25, 0.3) is 0 Å². The van der Waals surface area contributed by atoms with Gasteiger partial charge in [0.1, 0.15) is 0 Å². The SMILES string of the molecule is CCc1ccn(-c2ccc(C)cc2)c1. The predicted octanol–water partition coefficient (Wildman–Crippen LogP) is 3.35. The highest BCUT2D eigenvalue weighted by molar-refractivity contribution is 5.35. The van der Waals surface area contributed by atoms with E-state index in [2.05, 4.69) is 61.1 Å². The van der Waals surface area contributed by atoms with Gasteiger partial charge in [-0.1, -0.05) is 24.6 Å².